The highest BCUT2D eigenvalue weighted by atomic mass is 16.5. The molecule has 0 atom stereocenters. The van der Waals surface area contributed by atoms with Crippen molar-refractivity contribution in [1.29, 1.82) is 0 Å². The summed E-state index contributed by atoms with van der Waals surface area (Å²) in [6, 6.07) is 13.1. The van der Waals surface area contributed by atoms with Crippen molar-refractivity contribution in [1.82, 2.24) is 14.7 Å². The van der Waals surface area contributed by atoms with Crippen molar-refractivity contribution >= 4 is 17.7 Å². The van der Waals surface area contributed by atoms with E-state index in [0.717, 1.165) is 63.9 Å². The van der Waals surface area contributed by atoms with Gasteiger partial charge in [-0.3, -0.25) is 24.2 Å². The second kappa shape index (κ2) is 10.2. The molecule has 0 radical (unpaired) electrons. The van der Waals surface area contributed by atoms with E-state index in [0.29, 0.717) is 29.8 Å². The molecule has 3 amide bonds. The van der Waals surface area contributed by atoms with Crippen LogP contribution >= 0.6 is 0 Å². The maximum atomic E-state index is 13.3. The topological polar surface area (TPSA) is 70.2 Å². The third kappa shape index (κ3) is 4.82. The van der Waals surface area contributed by atoms with Gasteiger partial charge in [-0.15, -0.1) is 0 Å². The summed E-state index contributed by atoms with van der Waals surface area (Å²) in [5.41, 5.74) is 2.51. The van der Waals surface area contributed by atoms with Crippen LogP contribution in [-0.2, 0) is 6.54 Å². The number of hydrogen-bond donors (Lipinski definition) is 0. The molecule has 0 spiro atoms. The summed E-state index contributed by atoms with van der Waals surface area (Å²) in [7, 11) is 1.66. The van der Waals surface area contributed by atoms with Gasteiger partial charge < -0.3 is 9.64 Å². The lowest BCUT2D eigenvalue weighted by Gasteiger charge is -2.29. The predicted molar refractivity (Wildman–Crippen MR) is 133 cm³/mol. The molecule has 0 aromatic heterocycles. The number of methoxy groups -OCH3 is 1. The van der Waals surface area contributed by atoms with Gasteiger partial charge in [-0.1, -0.05) is 31.4 Å². The van der Waals surface area contributed by atoms with Crippen molar-refractivity contribution in [3.8, 4) is 5.75 Å². The second-order valence-corrected chi connectivity index (χ2v) is 9.80. The Morgan fingerprint density at radius 1 is 0.857 bits per heavy atom. The van der Waals surface area contributed by atoms with E-state index in [1.54, 1.807) is 25.3 Å². The molecule has 5 rings (SSSR count). The average Bonchev–Trinajstić information content (AvgIpc) is 3.03. The van der Waals surface area contributed by atoms with Gasteiger partial charge in [-0.25, -0.2) is 0 Å². The first-order chi connectivity index (χ1) is 17.0. The van der Waals surface area contributed by atoms with Gasteiger partial charge in [-0.2, -0.15) is 0 Å². The van der Waals surface area contributed by atoms with Crippen molar-refractivity contribution in [2.24, 2.45) is 0 Å². The maximum absolute atomic E-state index is 13.3. The molecule has 35 heavy (non-hydrogen) atoms. The fourth-order valence-corrected chi connectivity index (χ4v) is 5.57. The minimum atomic E-state index is -0.243. The molecule has 0 N–H and O–H groups in total. The number of nitrogens with zero attached hydrogens (tertiary/aromatic N) is 3. The first kappa shape index (κ1) is 23.5. The fourth-order valence-electron chi connectivity index (χ4n) is 5.57. The fraction of sp³-hybridized carbons (Fsp3) is 0.464. The van der Waals surface area contributed by atoms with Crippen LogP contribution in [0.3, 0.4) is 0 Å². The molecule has 7 heteroatoms. The molecule has 1 saturated carbocycles. The van der Waals surface area contributed by atoms with E-state index in [2.05, 4.69) is 17.0 Å². The minimum Gasteiger partial charge on any atom is -0.497 e. The molecule has 2 aromatic rings. The smallest absolute Gasteiger partial charge is 0.261 e. The number of carbonyl (C=O) groups excluding carboxylic acids is 3. The third-order valence-corrected chi connectivity index (χ3v) is 7.55. The molecular formula is C28H33N3O4. The number of ether oxygens (including phenoxy) is 1. The summed E-state index contributed by atoms with van der Waals surface area (Å²) in [5, 5.41) is 0. The van der Waals surface area contributed by atoms with Crippen molar-refractivity contribution in [2.45, 2.75) is 51.1 Å². The lowest BCUT2D eigenvalue weighted by molar-refractivity contribution is 0.0548. The molecule has 0 unspecified atom stereocenters. The Morgan fingerprint density at radius 2 is 1.60 bits per heavy atom. The lowest BCUT2D eigenvalue weighted by Crippen LogP contribution is -2.40. The number of amides is 3. The minimum absolute atomic E-state index is 0.0161. The van der Waals surface area contributed by atoms with Crippen molar-refractivity contribution in [3.05, 3.63) is 64.7 Å². The number of rotatable bonds is 5. The molecule has 2 aromatic carbocycles. The number of benzene rings is 2. The lowest BCUT2D eigenvalue weighted by atomic mass is 9.94. The van der Waals surface area contributed by atoms with Gasteiger partial charge >= 0.3 is 0 Å². The SMILES string of the molecule is COc1ccc(CN2CCCN(C(=O)c3ccc4c(c3)C(=O)N(C3CCCCC3)C4=O)CC2)cc1. The monoisotopic (exact) mass is 475 g/mol. The molecule has 184 valence electrons. The van der Waals surface area contributed by atoms with Crippen molar-refractivity contribution < 1.29 is 19.1 Å². The number of hydrogen-bond acceptors (Lipinski definition) is 5. The van der Waals surface area contributed by atoms with Crippen molar-refractivity contribution in [2.75, 3.05) is 33.3 Å². The van der Waals surface area contributed by atoms with Crippen LogP contribution in [0, 0.1) is 0 Å². The van der Waals surface area contributed by atoms with Crippen molar-refractivity contribution in [3.63, 3.8) is 0 Å². The Hall–Kier alpha value is -3.19. The molecule has 2 heterocycles. The van der Waals surface area contributed by atoms with Gasteiger partial charge in [0.25, 0.3) is 17.7 Å². The molecule has 3 aliphatic rings. The van der Waals surface area contributed by atoms with Crippen LogP contribution in [0.2, 0.25) is 0 Å². The van der Waals surface area contributed by atoms with Crippen LogP contribution in [-0.4, -0.2) is 71.8 Å². The summed E-state index contributed by atoms with van der Waals surface area (Å²) >= 11 is 0. The highest BCUT2D eigenvalue weighted by Gasteiger charge is 2.40. The molecular weight excluding hydrogens is 442 g/mol. The standard InChI is InChI=1S/C28H33N3O4/c1-35-23-11-8-20(9-12-23)19-29-14-5-15-30(17-16-29)26(32)21-10-13-24-25(18-21)28(34)31(27(24)33)22-6-3-2-4-7-22/h8-13,18,22H,2-7,14-17,19H2,1H3. The molecule has 1 aliphatic carbocycles. The zero-order valence-electron chi connectivity index (χ0n) is 20.4. The van der Waals surface area contributed by atoms with Crippen LogP contribution in [0.1, 0.15) is 75.2 Å². The van der Waals surface area contributed by atoms with Crippen LogP contribution < -0.4 is 4.74 Å². The first-order valence-corrected chi connectivity index (χ1v) is 12.7. The Morgan fingerprint density at radius 3 is 2.34 bits per heavy atom. The summed E-state index contributed by atoms with van der Waals surface area (Å²) in [6.45, 7) is 3.85. The van der Waals surface area contributed by atoms with Crippen LogP contribution in [0.4, 0.5) is 0 Å². The zero-order chi connectivity index (χ0) is 24.4. The second-order valence-electron chi connectivity index (χ2n) is 9.80. The summed E-state index contributed by atoms with van der Waals surface area (Å²) in [4.78, 5) is 45.1. The number of carbonyl (C=O) groups is 3. The van der Waals surface area contributed by atoms with Gasteiger partial charge in [-0.05, 0) is 55.2 Å². The summed E-state index contributed by atoms with van der Waals surface area (Å²) in [6.07, 6.45) is 5.89. The van der Waals surface area contributed by atoms with Crippen LogP contribution in [0.5, 0.6) is 5.75 Å². The summed E-state index contributed by atoms with van der Waals surface area (Å²) < 4.78 is 5.24. The molecule has 2 aliphatic heterocycles. The van der Waals surface area contributed by atoms with E-state index >= 15 is 0 Å². The van der Waals surface area contributed by atoms with E-state index in [1.807, 2.05) is 17.0 Å². The zero-order valence-corrected chi connectivity index (χ0v) is 20.4. The maximum Gasteiger partial charge on any atom is 0.261 e. The quantitative estimate of drug-likeness (QED) is 0.612. The van der Waals surface area contributed by atoms with E-state index in [4.69, 9.17) is 4.74 Å². The largest absolute Gasteiger partial charge is 0.497 e. The van der Waals surface area contributed by atoms with E-state index < -0.39 is 0 Å². The molecule has 1 saturated heterocycles. The Labute approximate surface area is 206 Å². The van der Waals surface area contributed by atoms with Gasteiger partial charge in [0.1, 0.15) is 5.75 Å². The average molecular weight is 476 g/mol. The van der Waals surface area contributed by atoms with Gasteiger partial charge in [0, 0.05) is 44.3 Å². The Balaban J connectivity index is 1.24. The van der Waals surface area contributed by atoms with E-state index in [9.17, 15) is 14.4 Å². The van der Waals surface area contributed by atoms with E-state index in [1.165, 1.54) is 10.5 Å². The number of imide groups is 1. The van der Waals surface area contributed by atoms with Crippen LogP contribution in [0.15, 0.2) is 42.5 Å². The number of fused-ring (bicyclic) bond motifs is 1. The predicted octanol–water partition coefficient (Wildman–Crippen LogP) is 3.97. The summed E-state index contributed by atoms with van der Waals surface area (Å²) in [5.74, 6) is 0.321. The Bertz CT molecular complexity index is 1110. The molecule has 7 nitrogen and oxygen atoms in total. The van der Waals surface area contributed by atoms with Crippen LogP contribution in [0.25, 0.3) is 0 Å². The Kier molecular flexibility index (Phi) is 6.86. The third-order valence-electron chi connectivity index (χ3n) is 7.55. The first-order valence-electron chi connectivity index (χ1n) is 12.7. The highest BCUT2D eigenvalue weighted by molar-refractivity contribution is 6.22. The molecule has 0 bridgehead atoms. The van der Waals surface area contributed by atoms with Gasteiger partial charge in [0.15, 0.2) is 0 Å². The van der Waals surface area contributed by atoms with Gasteiger partial charge in [0.2, 0.25) is 0 Å². The molecule has 2 fully saturated rings. The van der Waals surface area contributed by atoms with Gasteiger partial charge in [0.05, 0.1) is 18.2 Å². The van der Waals surface area contributed by atoms with E-state index in [-0.39, 0.29) is 23.8 Å². The highest BCUT2D eigenvalue weighted by Crippen LogP contribution is 2.31. The normalized spacial score (nSPS) is 19.6.